The molecule has 0 aliphatic carbocycles. The lowest BCUT2D eigenvalue weighted by Gasteiger charge is -2.14. The van der Waals surface area contributed by atoms with Crippen molar-refractivity contribution in [2.45, 2.75) is 96.3 Å². The van der Waals surface area contributed by atoms with E-state index in [4.69, 9.17) is 4.89 Å². The maximum absolute atomic E-state index is 13.7. The van der Waals surface area contributed by atoms with Crippen LogP contribution in [0.15, 0.2) is 0 Å². The van der Waals surface area contributed by atoms with Crippen LogP contribution in [-0.4, -0.2) is 37.1 Å². The van der Waals surface area contributed by atoms with Gasteiger partial charge in [-0.1, -0.05) is 64.2 Å². The van der Waals surface area contributed by atoms with Crippen LogP contribution in [0.25, 0.3) is 0 Å². The lowest BCUT2D eigenvalue weighted by molar-refractivity contribution is -0.237. The van der Waals surface area contributed by atoms with Crippen LogP contribution in [0, 0.1) is 0 Å². The molecule has 0 aromatic heterocycles. The van der Waals surface area contributed by atoms with Crippen molar-refractivity contribution in [2.24, 2.45) is 0 Å². The highest BCUT2D eigenvalue weighted by molar-refractivity contribution is 7.47. The molecule has 0 bridgehead atoms. The first-order valence-corrected chi connectivity index (χ1v) is 11.5. The third-order valence-electron chi connectivity index (χ3n) is 4.17. The lowest BCUT2D eigenvalue weighted by atomic mass is 10.0. The highest BCUT2D eigenvalue weighted by Crippen LogP contribution is 2.43. The van der Waals surface area contributed by atoms with Gasteiger partial charge in [0.05, 0.1) is 13.3 Å². The van der Waals surface area contributed by atoms with Gasteiger partial charge in [0, 0.05) is 0 Å². The molecular weight excluding hydrogens is 384 g/mol. The van der Waals surface area contributed by atoms with Crippen LogP contribution in [0.2, 0.25) is 0 Å². The maximum Gasteiger partial charge on any atom is 0.499 e. The summed E-state index contributed by atoms with van der Waals surface area (Å²) in [6.07, 6.45) is 7.37. The monoisotopic (exact) mass is 420 g/mol. The molecule has 0 rings (SSSR count). The minimum Gasteiger partial charge on any atom is -0.301 e. The van der Waals surface area contributed by atoms with E-state index in [0.717, 1.165) is 44.9 Å². The SMILES string of the molecule is CCOP(=O)(O)OOCC(F)C(F)CCCCCCCCCCCCCF. The van der Waals surface area contributed by atoms with E-state index < -0.39 is 26.8 Å². The molecule has 0 aliphatic rings. The van der Waals surface area contributed by atoms with E-state index in [-0.39, 0.29) is 19.7 Å². The first-order chi connectivity index (χ1) is 12.9. The summed E-state index contributed by atoms with van der Waals surface area (Å²) < 4.78 is 58.7. The molecule has 3 unspecified atom stereocenters. The minimum atomic E-state index is -4.35. The van der Waals surface area contributed by atoms with Gasteiger partial charge in [0.2, 0.25) is 0 Å². The smallest absolute Gasteiger partial charge is 0.301 e. The van der Waals surface area contributed by atoms with Crippen molar-refractivity contribution >= 4 is 7.82 Å². The van der Waals surface area contributed by atoms with Gasteiger partial charge in [0.1, 0.15) is 12.8 Å². The number of halogens is 3. The molecule has 0 aliphatic heterocycles. The fourth-order valence-corrected chi connectivity index (χ4v) is 3.22. The highest BCUT2D eigenvalue weighted by Gasteiger charge is 2.25. The van der Waals surface area contributed by atoms with E-state index in [1.807, 2.05) is 0 Å². The summed E-state index contributed by atoms with van der Waals surface area (Å²) in [7, 11) is -4.35. The van der Waals surface area contributed by atoms with E-state index in [0.29, 0.717) is 12.8 Å². The average Bonchev–Trinajstić information content (AvgIpc) is 2.62. The Labute approximate surface area is 161 Å². The van der Waals surface area contributed by atoms with Crippen molar-refractivity contribution in [3.63, 3.8) is 0 Å². The second-order valence-corrected chi connectivity index (χ2v) is 7.99. The second kappa shape index (κ2) is 17.9. The van der Waals surface area contributed by atoms with Gasteiger partial charge in [-0.15, -0.1) is 4.67 Å². The molecule has 9 heteroatoms. The molecule has 1 N–H and O–H groups in total. The van der Waals surface area contributed by atoms with Crippen molar-refractivity contribution in [1.82, 2.24) is 0 Å². The largest absolute Gasteiger partial charge is 0.499 e. The van der Waals surface area contributed by atoms with Crippen molar-refractivity contribution in [3.8, 4) is 0 Å². The van der Waals surface area contributed by atoms with E-state index in [2.05, 4.69) is 14.1 Å². The summed E-state index contributed by atoms with van der Waals surface area (Å²) in [6.45, 7) is 0.438. The molecule has 0 fully saturated rings. The Hall–Kier alpha value is -0.140. The van der Waals surface area contributed by atoms with Crippen LogP contribution in [0.4, 0.5) is 13.2 Å². The Balaban J connectivity index is 3.47. The van der Waals surface area contributed by atoms with Crippen LogP contribution in [-0.2, 0) is 18.7 Å². The Morgan fingerprint density at radius 3 is 1.81 bits per heavy atom. The van der Waals surface area contributed by atoms with Crippen molar-refractivity contribution in [2.75, 3.05) is 19.9 Å². The minimum absolute atomic E-state index is 0.0671. The quantitative estimate of drug-likeness (QED) is 0.107. The molecule has 0 spiro atoms. The Bertz CT molecular complexity index is 377. The summed E-state index contributed by atoms with van der Waals surface area (Å²) in [4.78, 5) is 13.3. The van der Waals surface area contributed by atoms with Crippen LogP contribution < -0.4 is 0 Å². The summed E-state index contributed by atoms with van der Waals surface area (Å²) in [6, 6.07) is 0. The zero-order valence-electron chi connectivity index (χ0n) is 16.4. The molecule has 0 aromatic rings. The fraction of sp³-hybridized carbons (Fsp3) is 1.00. The lowest BCUT2D eigenvalue weighted by Crippen LogP contribution is -2.23. The molecule has 27 heavy (non-hydrogen) atoms. The summed E-state index contributed by atoms with van der Waals surface area (Å²) in [5.74, 6) is 0. The van der Waals surface area contributed by atoms with E-state index in [1.165, 1.54) is 19.8 Å². The molecule has 5 nitrogen and oxygen atoms in total. The van der Waals surface area contributed by atoms with Gasteiger partial charge in [0.15, 0.2) is 6.17 Å². The predicted molar refractivity (Wildman–Crippen MR) is 99.7 cm³/mol. The van der Waals surface area contributed by atoms with Crippen molar-refractivity contribution < 1.29 is 36.7 Å². The standard InChI is InChI=1S/C18H36F3O5P/c1-2-25-27(22,23)26-24-16-18(21)17(20)14-12-10-8-6-4-3-5-7-9-11-13-15-19/h17-18H,2-16H2,1H3,(H,22,23). The third-order valence-corrected chi connectivity index (χ3v) is 5.05. The van der Waals surface area contributed by atoms with Gasteiger partial charge < -0.3 is 4.89 Å². The Morgan fingerprint density at radius 2 is 1.33 bits per heavy atom. The number of alkyl halides is 3. The zero-order chi connectivity index (χ0) is 20.4. The van der Waals surface area contributed by atoms with Crippen molar-refractivity contribution in [1.29, 1.82) is 0 Å². The highest BCUT2D eigenvalue weighted by atomic mass is 31.2. The second-order valence-electron chi connectivity index (χ2n) is 6.64. The molecule has 0 saturated carbocycles. The molecule has 0 aromatic carbocycles. The number of phosphoric ester groups is 1. The van der Waals surface area contributed by atoms with Gasteiger partial charge in [-0.3, -0.25) is 8.91 Å². The summed E-state index contributed by atoms with van der Waals surface area (Å²) in [5, 5.41) is 0. The number of rotatable bonds is 20. The van der Waals surface area contributed by atoms with Gasteiger partial charge in [0.25, 0.3) is 0 Å². The first-order valence-electron chi connectivity index (χ1n) is 10.1. The van der Waals surface area contributed by atoms with Crippen LogP contribution in [0.5, 0.6) is 0 Å². The first kappa shape index (κ1) is 26.9. The molecule has 0 saturated heterocycles. The normalized spacial score (nSPS) is 16.2. The Morgan fingerprint density at radius 1 is 0.852 bits per heavy atom. The van der Waals surface area contributed by atoms with Gasteiger partial charge in [-0.05, 0) is 19.8 Å². The number of unbranched alkanes of at least 4 members (excludes halogenated alkanes) is 10. The van der Waals surface area contributed by atoms with E-state index in [9.17, 15) is 17.7 Å². The predicted octanol–water partition coefficient (Wildman–Crippen LogP) is 6.40. The van der Waals surface area contributed by atoms with Gasteiger partial charge in [-0.2, -0.15) is 0 Å². The molecule has 3 atom stereocenters. The summed E-state index contributed by atoms with van der Waals surface area (Å²) in [5.41, 5.74) is 0. The Kier molecular flexibility index (Phi) is 17.8. The van der Waals surface area contributed by atoms with Crippen LogP contribution in [0.1, 0.15) is 84.0 Å². The average molecular weight is 420 g/mol. The number of phosphoric acid groups is 1. The molecule has 164 valence electrons. The maximum atomic E-state index is 13.7. The van der Waals surface area contributed by atoms with Crippen LogP contribution >= 0.6 is 7.82 Å². The van der Waals surface area contributed by atoms with Crippen molar-refractivity contribution in [3.05, 3.63) is 0 Å². The fourth-order valence-electron chi connectivity index (χ4n) is 2.66. The summed E-state index contributed by atoms with van der Waals surface area (Å²) >= 11 is 0. The molecule has 0 radical (unpaired) electrons. The van der Waals surface area contributed by atoms with E-state index in [1.54, 1.807) is 0 Å². The van der Waals surface area contributed by atoms with Gasteiger partial charge in [-0.25, -0.2) is 18.2 Å². The third kappa shape index (κ3) is 17.7. The van der Waals surface area contributed by atoms with Gasteiger partial charge >= 0.3 is 7.82 Å². The van der Waals surface area contributed by atoms with E-state index >= 15 is 0 Å². The molecule has 0 amide bonds. The molecule has 0 heterocycles. The number of hydrogen-bond acceptors (Lipinski definition) is 4. The topological polar surface area (TPSA) is 65.0 Å². The van der Waals surface area contributed by atoms with Crippen LogP contribution in [0.3, 0.4) is 0 Å². The molecular formula is C18H36F3O5P. The zero-order valence-corrected chi connectivity index (χ0v) is 17.3. The number of hydrogen-bond donors (Lipinski definition) is 1.